The number of carbonyl (C=O) groups excluding carboxylic acids is 3. The summed E-state index contributed by atoms with van der Waals surface area (Å²) in [5.74, 6) is -0.508. The molecule has 0 bridgehead atoms. The summed E-state index contributed by atoms with van der Waals surface area (Å²) in [6.07, 6.45) is 0.519. The van der Waals surface area contributed by atoms with Gasteiger partial charge in [-0.2, -0.15) is 0 Å². The fourth-order valence-electron chi connectivity index (χ4n) is 2.09. The van der Waals surface area contributed by atoms with E-state index in [9.17, 15) is 14.4 Å². The van der Waals surface area contributed by atoms with Crippen molar-refractivity contribution in [3.05, 3.63) is 34.9 Å². The normalized spacial score (nSPS) is 11.7. The molecule has 0 fully saturated rings. The minimum atomic E-state index is -0.634. The Balaban J connectivity index is 2.63. The molecule has 0 aliphatic heterocycles. The van der Waals surface area contributed by atoms with Gasteiger partial charge in [-0.25, -0.2) is 0 Å². The molecule has 1 atom stereocenters. The Bertz CT molecular complexity index is 573. The third kappa shape index (κ3) is 7.46. The zero-order valence-corrected chi connectivity index (χ0v) is 14.9. The van der Waals surface area contributed by atoms with Gasteiger partial charge in [-0.1, -0.05) is 25.4 Å². The maximum Gasteiger partial charge on any atom is 0.251 e. The number of amides is 3. The highest BCUT2D eigenvalue weighted by atomic mass is 35.5. The Hall–Kier alpha value is -2.08. The van der Waals surface area contributed by atoms with Gasteiger partial charge in [0.1, 0.15) is 6.04 Å². The second-order valence-electron chi connectivity index (χ2n) is 5.94. The summed E-state index contributed by atoms with van der Waals surface area (Å²) in [4.78, 5) is 35.4. The fraction of sp³-hybridized carbons (Fsp3) is 0.471. The van der Waals surface area contributed by atoms with Crippen LogP contribution in [0.4, 0.5) is 0 Å². The molecule has 3 N–H and O–H groups in total. The summed E-state index contributed by atoms with van der Waals surface area (Å²) in [6.45, 7) is 6.03. The number of hydrogen-bond donors (Lipinski definition) is 3. The third-order valence-electron chi connectivity index (χ3n) is 3.23. The SMILES string of the molecule is CC(=O)NCCNC(=O)[C@@H](CC(C)C)NC(=O)c1ccc(Cl)cc1. The summed E-state index contributed by atoms with van der Waals surface area (Å²) in [6, 6.07) is 5.84. The zero-order chi connectivity index (χ0) is 18.1. The summed E-state index contributed by atoms with van der Waals surface area (Å²) in [5, 5.41) is 8.61. The summed E-state index contributed by atoms with van der Waals surface area (Å²) in [5.41, 5.74) is 0.444. The number of rotatable bonds is 8. The predicted molar refractivity (Wildman–Crippen MR) is 93.9 cm³/mol. The van der Waals surface area contributed by atoms with Crippen LogP contribution >= 0.6 is 11.6 Å². The van der Waals surface area contributed by atoms with E-state index in [4.69, 9.17) is 11.6 Å². The second-order valence-corrected chi connectivity index (χ2v) is 6.37. The van der Waals surface area contributed by atoms with Crippen molar-refractivity contribution in [1.29, 1.82) is 0 Å². The van der Waals surface area contributed by atoms with Crippen molar-refractivity contribution < 1.29 is 14.4 Å². The second kappa shape index (κ2) is 9.93. The van der Waals surface area contributed by atoms with Gasteiger partial charge in [-0.05, 0) is 36.6 Å². The van der Waals surface area contributed by atoms with Gasteiger partial charge in [0.15, 0.2) is 0 Å². The lowest BCUT2D eigenvalue weighted by Crippen LogP contribution is -2.48. The van der Waals surface area contributed by atoms with Crippen molar-refractivity contribution >= 4 is 29.3 Å². The summed E-state index contributed by atoms with van der Waals surface area (Å²) in [7, 11) is 0. The van der Waals surface area contributed by atoms with Gasteiger partial charge in [-0.15, -0.1) is 0 Å². The molecule has 132 valence electrons. The van der Waals surface area contributed by atoms with E-state index in [1.165, 1.54) is 6.92 Å². The lowest BCUT2D eigenvalue weighted by atomic mass is 10.0. The zero-order valence-electron chi connectivity index (χ0n) is 14.2. The number of hydrogen-bond acceptors (Lipinski definition) is 3. The van der Waals surface area contributed by atoms with E-state index in [1.807, 2.05) is 13.8 Å². The van der Waals surface area contributed by atoms with Crippen LogP contribution in [0.15, 0.2) is 24.3 Å². The van der Waals surface area contributed by atoms with Gasteiger partial charge in [-0.3, -0.25) is 14.4 Å². The third-order valence-corrected chi connectivity index (χ3v) is 3.49. The minimum absolute atomic E-state index is 0.154. The largest absolute Gasteiger partial charge is 0.355 e. The van der Waals surface area contributed by atoms with Crippen LogP contribution in [0.2, 0.25) is 5.02 Å². The lowest BCUT2D eigenvalue weighted by Gasteiger charge is -2.20. The minimum Gasteiger partial charge on any atom is -0.355 e. The van der Waals surface area contributed by atoms with Crippen molar-refractivity contribution in [2.24, 2.45) is 5.92 Å². The highest BCUT2D eigenvalue weighted by molar-refractivity contribution is 6.30. The van der Waals surface area contributed by atoms with Crippen molar-refractivity contribution in [2.45, 2.75) is 33.2 Å². The Morgan fingerprint density at radius 1 is 1.04 bits per heavy atom. The fourth-order valence-corrected chi connectivity index (χ4v) is 2.22. The molecule has 0 radical (unpaired) electrons. The molecule has 1 aromatic rings. The van der Waals surface area contributed by atoms with Crippen LogP contribution in [-0.4, -0.2) is 36.9 Å². The molecule has 0 aliphatic carbocycles. The van der Waals surface area contributed by atoms with E-state index in [0.29, 0.717) is 30.1 Å². The summed E-state index contributed by atoms with van der Waals surface area (Å²) >= 11 is 5.81. The Labute approximate surface area is 147 Å². The van der Waals surface area contributed by atoms with Gasteiger partial charge in [0.25, 0.3) is 5.91 Å². The highest BCUT2D eigenvalue weighted by Crippen LogP contribution is 2.11. The van der Waals surface area contributed by atoms with E-state index in [0.717, 1.165) is 0 Å². The maximum absolute atomic E-state index is 12.3. The molecule has 0 spiro atoms. The summed E-state index contributed by atoms with van der Waals surface area (Å²) < 4.78 is 0. The first-order chi connectivity index (χ1) is 11.3. The van der Waals surface area contributed by atoms with E-state index in [2.05, 4.69) is 16.0 Å². The highest BCUT2D eigenvalue weighted by Gasteiger charge is 2.22. The topological polar surface area (TPSA) is 87.3 Å². The van der Waals surface area contributed by atoms with Crippen LogP contribution in [-0.2, 0) is 9.59 Å². The van der Waals surface area contributed by atoms with E-state index in [1.54, 1.807) is 24.3 Å². The number of halogens is 1. The average molecular weight is 354 g/mol. The molecule has 0 saturated carbocycles. The average Bonchev–Trinajstić information content (AvgIpc) is 2.50. The van der Waals surface area contributed by atoms with E-state index >= 15 is 0 Å². The van der Waals surface area contributed by atoms with Gasteiger partial charge in [0.05, 0.1) is 0 Å². The van der Waals surface area contributed by atoms with Crippen molar-refractivity contribution in [2.75, 3.05) is 13.1 Å². The molecule has 0 aliphatic rings. The van der Waals surface area contributed by atoms with Gasteiger partial charge >= 0.3 is 0 Å². The molecule has 0 aromatic heterocycles. The molecular weight excluding hydrogens is 330 g/mol. The first-order valence-electron chi connectivity index (χ1n) is 7.88. The molecule has 1 rings (SSSR count). The molecule has 7 heteroatoms. The molecular formula is C17H24ClN3O3. The van der Waals surface area contributed by atoms with Crippen LogP contribution in [0.3, 0.4) is 0 Å². The Morgan fingerprint density at radius 3 is 2.17 bits per heavy atom. The quantitative estimate of drug-likeness (QED) is 0.622. The van der Waals surface area contributed by atoms with Gasteiger partial charge < -0.3 is 16.0 Å². The molecule has 3 amide bonds. The molecule has 24 heavy (non-hydrogen) atoms. The van der Waals surface area contributed by atoms with Crippen molar-refractivity contribution in [3.63, 3.8) is 0 Å². The molecule has 0 saturated heterocycles. The van der Waals surface area contributed by atoms with Crippen LogP contribution in [0.5, 0.6) is 0 Å². The molecule has 1 aromatic carbocycles. The smallest absolute Gasteiger partial charge is 0.251 e. The predicted octanol–water partition coefficient (Wildman–Crippen LogP) is 1.74. The molecule has 0 heterocycles. The van der Waals surface area contributed by atoms with Gasteiger partial charge in [0, 0.05) is 30.6 Å². The van der Waals surface area contributed by atoms with Crippen molar-refractivity contribution in [3.8, 4) is 0 Å². The first-order valence-corrected chi connectivity index (χ1v) is 8.26. The van der Waals surface area contributed by atoms with E-state index in [-0.39, 0.29) is 23.6 Å². The Kier molecular flexibility index (Phi) is 8.26. The molecule has 0 unspecified atom stereocenters. The maximum atomic E-state index is 12.3. The van der Waals surface area contributed by atoms with Crippen LogP contribution < -0.4 is 16.0 Å². The van der Waals surface area contributed by atoms with Crippen LogP contribution in [0, 0.1) is 5.92 Å². The van der Waals surface area contributed by atoms with Gasteiger partial charge in [0.2, 0.25) is 11.8 Å². The monoisotopic (exact) mass is 353 g/mol. The van der Waals surface area contributed by atoms with Crippen molar-refractivity contribution in [1.82, 2.24) is 16.0 Å². The van der Waals surface area contributed by atoms with Crippen LogP contribution in [0.25, 0.3) is 0 Å². The lowest BCUT2D eigenvalue weighted by molar-refractivity contribution is -0.123. The first kappa shape index (κ1) is 20.0. The molecule has 6 nitrogen and oxygen atoms in total. The number of nitrogens with one attached hydrogen (secondary N) is 3. The Morgan fingerprint density at radius 2 is 1.62 bits per heavy atom. The number of carbonyl (C=O) groups is 3. The standard InChI is InChI=1S/C17H24ClN3O3/c1-11(2)10-15(17(24)20-9-8-19-12(3)22)21-16(23)13-4-6-14(18)7-5-13/h4-7,11,15H,8-10H2,1-3H3,(H,19,22)(H,20,24)(H,21,23)/t15-/m1/s1. The van der Waals surface area contributed by atoms with E-state index < -0.39 is 6.04 Å². The number of benzene rings is 1. The van der Waals surface area contributed by atoms with Crippen LogP contribution in [0.1, 0.15) is 37.6 Å².